The molecule has 0 aliphatic carbocycles. The molecule has 4 heterocycles. The zero-order chi connectivity index (χ0) is 23.7. The van der Waals surface area contributed by atoms with Crippen LogP contribution in [-0.2, 0) is 6.54 Å². The predicted molar refractivity (Wildman–Crippen MR) is 132 cm³/mol. The number of hydrogen-bond acceptors (Lipinski definition) is 7. The average molecular weight is 457 g/mol. The average Bonchev–Trinajstić information content (AvgIpc) is 3.51. The van der Waals surface area contributed by atoms with Crippen LogP contribution in [0.4, 0.5) is 5.82 Å². The Kier molecular flexibility index (Phi) is 5.93. The van der Waals surface area contributed by atoms with E-state index in [2.05, 4.69) is 53.4 Å². The number of rotatable bonds is 8. The summed E-state index contributed by atoms with van der Waals surface area (Å²) in [5.41, 5.74) is 4.47. The largest absolute Gasteiger partial charge is 0.394 e. The van der Waals surface area contributed by atoms with Crippen molar-refractivity contribution in [2.45, 2.75) is 45.8 Å². The summed E-state index contributed by atoms with van der Waals surface area (Å²) in [6.45, 7) is 6.82. The number of benzene rings is 1. The van der Waals surface area contributed by atoms with Crippen LogP contribution in [0.25, 0.3) is 33.3 Å². The molecule has 5 rings (SSSR count). The molecular formula is C25H28N8O. The summed E-state index contributed by atoms with van der Waals surface area (Å²) in [6.07, 6.45) is 8.20. The van der Waals surface area contributed by atoms with Crippen molar-refractivity contribution >= 4 is 27.8 Å². The van der Waals surface area contributed by atoms with Gasteiger partial charge in [0.05, 0.1) is 42.7 Å². The van der Waals surface area contributed by atoms with Crippen LogP contribution in [0, 0.1) is 0 Å². The van der Waals surface area contributed by atoms with Gasteiger partial charge in [0.2, 0.25) is 0 Å². The molecule has 0 aliphatic rings. The molecule has 0 saturated heterocycles. The number of hydrogen-bond donors (Lipinski definition) is 2. The molecular weight excluding hydrogens is 428 g/mol. The first-order valence-electron chi connectivity index (χ1n) is 11.6. The van der Waals surface area contributed by atoms with Crippen molar-refractivity contribution in [3.63, 3.8) is 0 Å². The second-order valence-corrected chi connectivity index (χ2v) is 8.52. The van der Waals surface area contributed by atoms with Crippen LogP contribution in [0.2, 0.25) is 0 Å². The summed E-state index contributed by atoms with van der Waals surface area (Å²) in [5, 5.41) is 22.8. The number of para-hydroxylation sites is 1. The van der Waals surface area contributed by atoms with Gasteiger partial charge in [-0.25, -0.2) is 9.97 Å². The van der Waals surface area contributed by atoms with E-state index in [0.29, 0.717) is 18.2 Å². The number of aromatic nitrogens is 7. The van der Waals surface area contributed by atoms with Gasteiger partial charge in [0, 0.05) is 23.8 Å². The van der Waals surface area contributed by atoms with Crippen LogP contribution in [0.15, 0.2) is 55.1 Å². The first kappa shape index (κ1) is 22.0. The Hall–Kier alpha value is -3.85. The predicted octanol–water partition coefficient (Wildman–Crippen LogP) is 4.37. The van der Waals surface area contributed by atoms with E-state index in [-0.39, 0.29) is 18.7 Å². The molecule has 34 heavy (non-hydrogen) atoms. The number of nitrogens with zero attached hydrogens (tertiary/aromatic N) is 7. The third-order valence-electron chi connectivity index (χ3n) is 6.14. The molecule has 1 unspecified atom stereocenters. The molecule has 0 bridgehead atoms. The lowest BCUT2D eigenvalue weighted by molar-refractivity contribution is 0.269. The number of anilines is 1. The van der Waals surface area contributed by atoms with Crippen molar-refractivity contribution in [3.05, 3.63) is 60.7 Å². The van der Waals surface area contributed by atoms with Crippen molar-refractivity contribution < 1.29 is 5.11 Å². The maximum atomic E-state index is 9.22. The van der Waals surface area contributed by atoms with Gasteiger partial charge in [-0.15, -0.1) is 0 Å². The van der Waals surface area contributed by atoms with Crippen LogP contribution in [-0.4, -0.2) is 46.2 Å². The van der Waals surface area contributed by atoms with Crippen LogP contribution < -0.4 is 5.32 Å². The van der Waals surface area contributed by atoms with Gasteiger partial charge in [0.25, 0.3) is 0 Å². The molecule has 2 N–H and O–H groups in total. The SMILES string of the molecule is CCC(C)n1ncc2nc(-c3cnn(CCO)c3)nc(N[C@H](C)c3cnc4ccccc4c3)c21. The Labute approximate surface area is 197 Å². The van der Waals surface area contributed by atoms with Crippen LogP contribution in [0.3, 0.4) is 0 Å². The van der Waals surface area contributed by atoms with E-state index in [1.54, 1.807) is 17.1 Å². The lowest BCUT2D eigenvalue weighted by Gasteiger charge is -2.18. The quantitative estimate of drug-likeness (QED) is 0.357. The lowest BCUT2D eigenvalue weighted by Crippen LogP contribution is -2.13. The third-order valence-corrected chi connectivity index (χ3v) is 6.14. The molecule has 9 heteroatoms. The highest BCUT2D eigenvalue weighted by Gasteiger charge is 2.20. The minimum Gasteiger partial charge on any atom is -0.394 e. The molecule has 0 saturated carbocycles. The van der Waals surface area contributed by atoms with Gasteiger partial charge in [0.1, 0.15) is 11.0 Å². The second kappa shape index (κ2) is 9.18. The fourth-order valence-corrected chi connectivity index (χ4v) is 4.02. The monoisotopic (exact) mass is 456 g/mol. The highest BCUT2D eigenvalue weighted by molar-refractivity contribution is 5.87. The normalized spacial score (nSPS) is 13.4. The topological polar surface area (TPSA) is 107 Å². The van der Waals surface area contributed by atoms with E-state index >= 15 is 0 Å². The molecule has 0 spiro atoms. The maximum absolute atomic E-state index is 9.22. The standard InChI is InChI=1S/C25H28N8O/c1-4-16(2)33-23-22(14-28-33)30-24(20-13-27-32(15-20)9-10-34)31-25(23)29-17(3)19-11-18-7-5-6-8-21(18)26-12-19/h5-8,11-17,34H,4,9-10H2,1-3H3,(H,29,30,31)/t16?,17-/m1/s1. The van der Waals surface area contributed by atoms with Crippen molar-refractivity contribution in [1.82, 2.24) is 34.5 Å². The van der Waals surface area contributed by atoms with E-state index in [9.17, 15) is 5.11 Å². The van der Waals surface area contributed by atoms with E-state index in [1.807, 2.05) is 35.3 Å². The van der Waals surface area contributed by atoms with Crippen LogP contribution >= 0.6 is 0 Å². The van der Waals surface area contributed by atoms with Crippen LogP contribution in [0.1, 0.15) is 44.8 Å². The third kappa shape index (κ3) is 4.10. The van der Waals surface area contributed by atoms with E-state index in [1.165, 1.54) is 0 Å². The Morgan fingerprint density at radius 2 is 1.88 bits per heavy atom. The number of nitrogens with one attached hydrogen (secondary N) is 1. The highest BCUT2D eigenvalue weighted by atomic mass is 16.3. The molecule has 2 atom stereocenters. The fraction of sp³-hybridized carbons (Fsp3) is 0.320. The van der Waals surface area contributed by atoms with Gasteiger partial charge in [0.15, 0.2) is 11.6 Å². The van der Waals surface area contributed by atoms with Crippen molar-refractivity contribution in [3.8, 4) is 11.4 Å². The first-order valence-corrected chi connectivity index (χ1v) is 11.6. The minimum atomic E-state index is -0.0412. The van der Waals surface area contributed by atoms with Gasteiger partial charge in [-0.3, -0.25) is 14.3 Å². The Morgan fingerprint density at radius 3 is 2.71 bits per heavy atom. The first-order chi connectivity index (χ1) is 16.6. The summed E-state index contributed by atoms with van der Waals surface area (Å²) >= 11 is 0. The van der Waals surface area contributed by atoms with Gasteiger partial charge in [-0.2, -0.15) is 10.2 Å². The summed E-state index contributed by atoms with van der Waals surface area (Å²) in [6, 6.07) is 10.4. The molecule has 4 aromatic heterocycles. The summed E-state index contributed by atoms with van der Waals surface area (Å²) in [7, 11) is 0. The van der Waals surface area contributed by atoms with Crippen molar-refractivity contribution in [2.24, 2.45) is 0 Å². The highest BCUT2D eigenvalue weighted by Crippen LogP contribution is 2.30. The van der Waals surface area contributed by atoms with Gasteiger partial charge < -0.3 is 10.4 Å². The number of aliphatic hydroxyl groups is 1. The zero-order valence-electron chi connectivity index (χ0n) is 19.5. The molecule has 9 nitrogen and oxygen atoms in total. The van der Waals surface area contributed by atoms with E-state index < -0.39 is 0 Å². The van der Waals surface area contributed by atoms with E-state index in [0.717, 1.165) is 39.5 Å². The molecule has 174 valence electrons. The van der Waals surface area contributed by atoms with Gasteiger partial charge >= 0.3 is 0 Å². The van der Waals surface area contributed by atoms with Gasteiger partial charge in [-0.05, 0) is 38.0 Å². The number of pyridine rings is 1. The summed E-state index contributed by atoms with van der Waals surface area (Å²) in [4.78, 5) is 14.3. The summed E-state index contributed by atoms with van der Waals surface area (Å²) in [5.74, 6) is 1.28. The van der Waals surface area contributed by atoms with Crippen molar-refractivity contribution in [2.75, 3.05) is 11.9 Å². The second-order valence-electron chi connectivity index (χ2n) is 8.52. The molecule has 0 radical (unpaired) electrons. The zero-order valence-corrected chi connectivity index (χ0v) is 19.5. The fourth-order valence-electron chi connectivity index (χ4n) is 4.02. The number of aliphatic hydroxyl groups excluding tert-OH is 1. The summed E-state index contributed by atoms with van der Waals surface area (Å²) < 4.78 is 3.67. The van der Waals surface area contributed by atoms with Crippen LogP contribution in [0.5, 0.6) is 0 Å². The minimum absolute atomic E-state index is 0.0206. The number of fused-ring (bicyclic) bond motifs is 2. The Morgan fingerprint density at radius 1 is 1.03 bits per heavy atom. The van der Waals surface area contributed by atoms with Gasteiger partial charge in [-0.1, -0.05) is 25.1 Å². The molecule has 0 aliphatic heterocycles. The smallest absolute Gasteiger partial charge is 0.165 e. The molecule has 1 aromatic carbocycles. The van der Waals surface area contributed by atoms with E-state index in [4.69, 9.17) is 9.97 Å². The molecule has 0 amide bonds. The maximum Gasteiger partial charge on any atom is 0.165 e. The Bertz CT molecular complexity index is 1440. The van der Waals surface area contributed by atoms with Crippen molar-refractivity contribution in [1.29, 1.82) is 0 Å². The molecule has 0 fully saturated rings. The lowest BCUT2D eigenvalue weighted by atomic mass is 10.1. The Balaban J connectivity index is 1.57. The molecule has 5 aromatic rings.